The molecule has 0 heterocycles. The van der Waals surface area contributed by atoms with E-state index < -0.39 is 12.2 Å². The zero-order chi connectivity index (χ0) is 20.5. The molecule has 3 atom stereocenters. The van der Waals surface area contributed by atoms with Gasteiger partial charge >= 0.3 is 0 Å². The molecule has 0 aliphatic heterocycles. The van der Waals surface area contributed by atoms with Crippen molar-refractivity contribution in [1.82, 2.24) is 0 Å². The van der Waals surface area contributed by atoms with Crippen molar-refractivity contribution in [1.29, 1.82) is 0 Å². The average Bonchev–Trinajstić information content (AvgIpc) is 2.70. The van der Waals surface area contributed by atoms with Gasteiger partial charge in [-0.05, 0) is 42.0 Å². The molecule has 0 aliphatic carbocycles. The minimum absolute atomic E-state index is 0.205. The summed E-state index contributed by atoms with van der Waals surface area (Å²) in [5.74, 6) is 1.60. The molecule has 0 amide bonds. The Morgan fingerprint density at radius 2 is 1.82 bits per heavy atom. The fourth-order valence-electron chi connectivity index (χ4n) is 3.23. The van der Waals surface area contributed by atoms with Gasteiger partial charge in [0, 0.05) is 11.6 Å². The van der Waals surface area contributed by atoms with Crippen LogP contribution in [0.3, 0.4) is 0 Å². The summed E-state index contributed by atoms with van der Waals surface area (Å²) in [7, 11) is 3.19. The molecule has 154 valence electrons. The summed E-state index contributed by atoms with van der Waals surface area (Å²) >= 11 is 3.56. The molecule has 0 radical (unpaired) electrons. The van der Waals surface area contributed by atoms with Gasteiger partial charge in [-0.1, -0.05) is 53.2 Å². The highest BCUT2D eigenvalue weighted by Gasteiger charge is 2.22. The molecule has 0 fully saturated rings. The van der Waals surface area contributed by atoms with E-state index in [1.807, 2.05) is 42.5 Å². The van der Waals surface area contributed by atoms with Crippen LogP contribution in [0.5, 0.6) is 11.5 Å². The summed E-state index contributed by atoms with van der Waals surface area (Å²) < 4.78 is 17.9. The number of aliphatic hydroxyl groups is 2. The molecule has 5 nitrogen and oxygen atoms in total. The van der Waals surface area contributed by atoms with E-state index in [1.165, 1.54) is 0 Å². The second-order valence-corrected chi connectivity index (χ2v) is 7.86. The molecule has 6 heteroatoms. The Morgan fingerprint density at radius 1 is 1.11 bits per heavy atom. The predicted octanol–water partition coefficient (Wildman–Crippen LogP) is 3.97. The van der Waals surface area contributed by atoms with Crippen molar-refractivity contribution in [3.05, 3.63) is 58.1 Å². The molecule has 2 rings (SSSR count). The van der Waals surface area contributed by atoms with Crippen molar-refractivity contribution in [2.75, 3.05) is 20.8 Å². The molecule has 28 heavy (non-hydrogen) atoms. The van der Waals surface area contributed by atoms with Crippen LogP contribution in [0.4, 0.5) is 0 Å². The van der Waals surface area contributed by atoms with Crippen molar-refractivity contribution < 1.29 is 24.4 Å². The Labute approximate surface area is 175 Å². The molecule has 2 N–H and O–H groups in total. The van der Waals surface area contributed by atoms with Crippen LogP contribution in [0, 0.1) is 5.92 Å². The third-order valence-corrected chi connectivity index (χ3v) is 5.12. The molecule has 0 aliphatic rings. The topological polar surface area (TPSA) is 68.2 Å². The highest BCUT2D eigenvalue weighted by molar-refractivity contribution is 9.10. The largest absolute Gasteiger partial charge is 0.493 e. The van der Waals surface area contributed by atoms with Crippen LogP contribution in [0.15, 0.2) is 46.9 Å². The van der Waals surface area contributed by atoms with Gasteiger partial charge in [0.15, 0.2) is 11.5 Å². The number of benzene rings is 2. The van der Waals surface area contributed by atoms with Gasteiger partial charge in [0.1, 0.15) is 12.7 Å². The van der Waals surface area contributed by atoms with E-state index in [9.17, 15) is 10.2 Å². The smallest absolute Gasteiger partial charge is 0.164 e. The van der Waals surface area contributed by atoms with E-state index in [1.54, 1.807) is 14.2 Å². The lowest BCUT2D eigenvalue weighted by Crippen LogP contribution is -2.33. The first-order valence-electron chi connectivity index (χ1n) is 9.33. The number of hydrogen-bond donors (Lipinski definition) is 2. The maximum atomic E-state index is 9.87. The second-order valence-electron chi connectivity index (χ2n) is 6.94. The van der Waals surface area contributed by atoms with Crippen LogP contribution in [0.1, 0.15) is 24.5 Å². The number of ether oxygens (including phenoxy) is 3. The van der Waals surface area contributed by atoms with Gasteiger partial charge in [0.05, 0.1) is 19.8 Å². The minimum atomic E-state index is -0.887. The number of hydrogen-bond acceptors (Lipinski definition) is 5. The lowest BCUT2D eigenvalue weighted by atomic mass is 9.93. The molecule has 2 aromatic carbocycles. The van der Waals surface area contributed by atoms with Gasteiger partial charge in [-0.2, -0.15) is 0 Å². The quantitative estimate of drug-likeness (QED) is 0.539. The molecule has 2 aromatic rings. The van der Waals surface area contributed by atoms with E-state index >= 15 is 0 Å². The van der Waals surface area contributed by atoms with E-state index in [0.29, 0.717) is 24.5 Å². The number of methoxy groups -OCH3 is 2. The fourth-order valence-corrected chi connectivity index (χ4v) is 3.72. The van der Waals surface area contributed by atoms with E-state index in [0.717, 1.165) is 22.0 Å². The summed E-state index contributed by atoms with van der Waals surface area (Å²) in [6.45, 7) is 2.22. The van der Waals surface area contributed by atoms with Crippen molar-refractivity contribution in [2.24, 2.45) is 5.92 Å². The first-order chi connectivity index (χ1) is 13.5. The lowest BCUT2D eigenvalue weighted by Gasteiger charge is -2.24. The van der Waals surface area contributed by atoms with Gasteiger partial charge in [0.2, 0.25) is 0 Å². The third-order valence-electron chi connectivity index (χ3n) is 4.66. The average molecular weight is 453 g/mol. The number of rotatable bonds is 11. The number of aliphatic hydroxyl groups excluding tert-OH is 2. The molecular formula is C22H29BrO5. The summed E-state index contributed by atoms with van der Waals surface area (Å²) in [6.07, 6.45) is 0.0460. The molecule has 0 saturated heterocycles. The van der Waals surface area contributed by atoms with E-state index in [4.69, 9.17) is 14.2 Å². The third kappa shape index (κ3) is 6.48. The maximum Gasteiger partial charge on any atom is 0.164 e. The van der Waals surface area contributed by atoms with E-state index in [2.05, 4.69) is 22.9 Å². The predicted molar refractivity (Wildman–Crippen MR) is 113 cm³/mol. The first kappa shape index (κ1) is 22.7. The van der Waals surface area contributed by atoms with Crippen molar-refractivity contribution in [2.45, 2.75) is 38.6 Å². The molecule has 0 aromatic heterocycles. The second kappa shape index (κ2) is 11.4. The van der Waals surface area contributed by atoms with Crippen molar-refractivity contribution in [3.8, 4) is 11.5 Å². The minimum Gasteiger partial charge on any atom is -0.493 e. The maximum absolute atomic E-state index is 9.87. The van der Waals surface area contributed by atoms with Crippen molar-refractivity contribution in [3.63, 3.8) is 0 Å². The van der Waals surface area contributed by atoms with Gasteiger partial charge < -0.3 is 24.4 Å². The standard InChI is InChI=1S/C22H29BrO5/c1-15(10-20(26-2)19(25)13-24)9-17-11-18(23)12-21(22(17)27-3)28-14-16-7-5-4-6-8-16/h4-8,11-12,15,19-20,24-25H,9-10,13-14H2,1-3H3/t15-,19-,20+/m1/s1. The Balaban J connectivity index is 2.14. The summed E-state index contributed by atoms with van der Waals surface area (Å²) in [5, 5.41) is 19.0. The van der Waals surface area contributed by atoms with Crippen LogP contribution in [-0.4, -0.2) is 43.2 Å². The molecule has 0 bridgehead atoms. The van der Waals surface area contributed by atoms with Crippen molar-refractivity contribution >= 4 is 15.9 Å². The Kier molecular flexibility index (Phi) is 9.25. The highest BCUT2D eigenvalue weighted by Crippen LogP contribution is 2.37. The monoisotopic (exact) mass is 452 g/mol. The van der Waals surface area contributed by atoms with Crippen LogP contribution >= 0.6 is 15.9 Å². The van der Waals surface area contributed by atoms with Crippen LogP contribution in [0.2, 0.25) is 0 Å². The van der Waals surface area contributed by atoms with Gasteiger partial charge in [-0.25, -0.2) is 0 Å². The molecular weight excluding hydrogens is 424 g/mol. The first-order valence-corrected chi connectivity index (χ1v) is 10.1. The number of halogens is 1. The van der Waals surface area contributed by atoms with Crippen LogP contribution in [0.25, 0.3) is 0 Å². The summed E-state index contributed by atoms with van der Waals surface area (Å²) in [5.41, 5.74) is 2.10. The Bertz CT molecular complexity index is 722. The zero-order valence-corrected chi connectivity index (χ0v) is 18.2. The van der Waals surface area contributed by atoms with Gasteiger partial charge in [-0.3, -0.25) is 0 Å². The molecule has 0 saturated carbocycles. The van der Waals surface area contributed by atoms with Crippen LogP contribution < -0.4 is 9.47 Å². The lowest BCUT2D eigenvalue weighted by molar-refractivity contribution is -0.0469. The van der Waals surface area contributed by atoms with Gasteiger partial charge in [0.25, 0.3) is 0 Å². The highest BCUT2D eigenvalue weighted by atomic mass is 79.9. The normalized spacial score (nSPS) is 14.4. The molecule has 0 spiro atoms. The summed E-state index contributed by atoms with van der Waals surface area (Å²) in [4.78, 5) is 0. The fraction of sp³-hybridized carbons (Fsp3) is 0.455. The molecule has 0 unspecified atom stereocenters. The van der Waals surface area contributed by atoms with Gasteiger partial charge in [-0.15, -0.1) is 0 Å². The Morgan fingerprint density at radius 3 is 2.43 bits per heavy atom. The Hall–Kier alpha value is -1.60. The van der Waals surface area contributed by atoms with E-state index in [-0.39, 0.29) is 12.5 Å². The SMILES string of the molecule is COc1c(C[C@@H](C)C[C@H](OC)[C@H](O)CO)cc(Br)cc1OCc1ccccc1. The summed E-state index contributed by atoms with van der Waals surface area (Å²) in [6, 6.07) is 13.9. The van der Waals surface area contributed by atoms with Crippen LogP contribution in [-0.2, 0) is 17.8 Å². The zero-order valence-electron chi connectivity index (χ0n) is 16.6.